The number of nitrogens with zero attached hydrogens (tertiary/aromatic N) is 3. The molecule has 0 aliphatic heterocycles. The summed E-state index contributed by atoms with van der Waals surface area (Å²) >= 11 is 0. The Morgan fingerprint density at radius 1 is 1.24 bits per heavy atom. The number of methoxy groups -OCH3 is 2. The van der Waals surface area contributed by atoms with E-state index < -0.39 is 10.0 Å². The van der Waals surface area contributed by atoms with Crippen LogP contribution in [0.5, 0.6) is 11.5 Å². The molecule has 0 spiro atoms. The van der Waals surface area contributed by atoms with E-state index in [9.17, 15) is 8.42 Å². The Balaban J connectivity index is 2.08. The van der Waals surface area contributed by atoms with Crippen LogP contribution in [0, 0.1) is 0 Å². The smallest absolute Gasteiger partial charge is 0.240 e. The molecule has 1 aromatic carbocycles. The number of rotatable bonds is 7. The molecule has 9 nitrogen and oxygen atoms in total. The molecule has 0 amide bonds. The van der Waals surface area contributed by atoms with Crippen LogP contribution < -0.4 is 14.2 Å². The van der Waals surface area contributed by atoms with Crippen LogP contribution in [0.1, 0.15) is 5.82 Å². The molecule has 0 unspecified atom stereocenters. The molecule has 0 atom stereocenters. The monoisotopic (exact) mass is 313 g/mol. The van der Waals surface area contributed by atoms with Crippen LogP contribution in [0.15, 0.2) is 23.1 Å². The van der Waals surface area contributed by atoms with Gasteiger partial charge in [-0.25, -0.2) is 13.1 Å². The summed E-state index contributed by atoms with van der Waals surface area (Å²) in [5.41, 5.74) is 0. The van der Waals surface area contributed by atoms with Gasteiger partial charge in [0.25, 0.3) is 0 Å². The van der Waals surface area contributed by atoms with Crippen molar-refractivity contribution < 1.29 is 17.9 Å². The van der Waals surface area contributed by atoms with E-state index in [1.807, 2.05) is 0 Å². The van der Waals surface area contributed by atoms with Gasteiger partial charge in [-0.2, -0.15) is 5.21 Å². The van der Waals surface area contributed by atoms with E-state index in [1.165, 1.54) is 32.4 Å². The zero-order valence-corrected chi connectivity index (χ0v) is 12.3. The first-order valence-corrected chi connectivity index (χ1v) is 7.49. The van der Waals surface area contributed by atoms with Crippen LogP contribution in [-0.4, -0.2) is 49.8 Å². The average molecular weight is 313 g/mol. The molecule has 2 aromatic rings. The highest BCUT2D eigenvalue weighted by atomic mass is 32.2. The summed E-state index contributed by atoms with van der Waals surface area (Å²) in [4.78, 5) is 0.0910. The summed E-state index contributed by atoms with van der Waals surface area (Å²) in [6, 6.07) is 4.38. The molecule has 0 fully saturated rings. The van der Waals surface area contributed by atoms with E-state index >= 15 is 0 Å². The second-order valence-corrected chi connectivity index (χ2v) is 5.76. The van der Waals surface area contributed by atoms with E-state index in [1.54, 1.807) is 0 Å². The van der Waals surface area contributed by atoms with Crippen molar-refractivity contribution in [1.29, 1.82) is 0 Å². The number of benzene rings is 1. The van der Waals surface area contributed by atoms with E-state index in [-0.39, 0.29) is 11.4 Å². The summed E-state index contributed by atoms with van der Waals surface area (Å²) in [6.07, 6.45) is 0.336. The molecule has 1 heterocycles. The summed E-state index contributed by atoms with van der Waals surface area (Å²) in [7, 11) is -0.719. The Morgan fingerprint density at radius 2 is 2.00 bits per heavy atom. The van der Waals surface area contributed by atoms with Gasteiger partial charge in [0.1, 0.15) is 0 Å². The van der Waals surface area contributed by atoms with Gasteiger partial charge < -0.3 is 9.47 Å². The highest BCUT2D eigenvalue weighted by Crippen LogP contribution is 2.29. The summed E-state index contributed by atoms with van der Waals surface area (Å²) < 4.78 is 36.9. The Labute approximate surface area is 121 Å². The first-order chi connectivity index (χ1) is 10.1. The van der Waals surface area contributed by atoms with Crippen LogP contribution in [0.2, 0.25) is 0 Å². The Kier molecular flexibility index (Phi) is 4.70. The highest BCUT2D eigenvalue weighted by Gasteiger charge is 2.16. The van der Waals surface area contributed by atoms with Gasteiger partial charge in [-0.05, 0) is 12.1 Å². The van der Waals surface area contributed by atoms with Crippen LogP contribution in [-0.2, 0) is 16.4 Å². The Morgan fingerprint density at radius 3 is 2.62 bits per heavy atom. The van der Waals surface area contributed by atoms with Gasteiger partial charge in [-0.3, -0.25) is 0 Å². The van der Waals surface area contributed by atoms with Crippen LogP contribution in [0.25, 0.3) is 0 Å². The van der Waals surface area contributed by atoms with Crippen molar-refractivity contribution in [2.45, 2.75) is 11.3 Å². The van der Waals surface area contributed by atoms with Crippen molar-refractivity contribution in [1.82, 2.24) is 25.3 Å². The van der Waals surface area contributed by atoms with Gasteiger partial charge in [-0.1, -0.05) is 5.21 Å². The quantitative estimate of drug-likeness (QED) is 0.722. The molecule has 0 bridgehead atoms. The molecule has 0 aliphatic carbocycles. The molecule has 114 valence electrons. The lowest BCUT2D eigenvalue weighted by Crippen LogP contribution is -2.26. The molecular weight excluding hydrogens is 298 g/mol. The molecule has 0 saturated heterocycles. The molecule has 0 saturated carbocycles. The third kappa shape index (κ3) is 3.67. The average Bonchev–Trinajstić information content (AvgIpc) is 2.99. The SMILES string of the molecule is COc1ccc(S(=O)(=O)NCCc2nn[nH]n2)cc1OC. The molecule has 10 heteroatoms. The zero-order valence-electron chi connectivity index (χ0n) is 11.5. The van der Waals surface area contributed by atoms with Crippen molar-refractivity contribution in [3.63, 3.8) is 0 Å². The topological polar surface area (TPSA) is 119 Å². The minimum absolute atomic E-state index is 0.0910. The Hall–Kier alpha value is -2.20. The summed E-state index contributed by atoms with van der Waals surface area (Å²) in [6.45, 7) is 0.163. The number of hydrogen-bond donors (Lipinski definition) is 2. The molecule has 1 aromatic heterocycles. The number of sulfonamides is 1. The standard InChI is InChI=1S/C11H15N5O4S/c1-19-9-4-3-8(7-10(9)20-2)21(17,18)12-6-5-11-13-15-16-14-11/h3-4,7,12H,5-6H2,1-2H3,(H,13,14,15,16). The van der Waals surface area contributed by atoms with E-state index in [4.69, 9.17) is 9.47 Å². The first-order valence-electron chi connectivity index (χ1n) is 6.01. The number of H-pyrrole nitrogens is 1. The van der Waals surface area contributed by atoms with Crippen LogP contribution in [0.4, 0.5) is 0 Å². The number of ether oxygens (including phenoxy) is 2. The normalized spacial score (nSPS) is 11.3. The summed E-state index contributed by atoms with van der Waals surface area (Å²) in [5.74, 6) is 1.24. The van der Waals surface area contributed by atoms with Crippen molar-refractivity contribution in [3.05, 3.63) is 24.0 Å². The van der Waals surface area contributed by atoms with Gasteiger partial charge in [0.2, 0.25) is 10.0 Å². The second-order valence-electron chi connectivity index (χ2n) is 3.99. The van der Waals surface area contributed by atoms with Crippen molar-refractivity contribution >= 4 is 10.0 Å². The third-order valence-corrected chi connectivity index (χ3v) is 4.15. The summed E-state index contributed by atoms with van der Waals surface area (Å²) in [5, 5.41) is 13.2. The molecule has 0 aliphatic rings. The lowest BCUT2D eigenvalue weighted by atomic mass is 10.3. The Bertz CT molecular complexity index is 687. The minimum Gasteiger partial charge on any atom is -0.493 e. The number of aromatic amines is 1. The predicted molar refractivity (Wildman–Crippen MR) is 72.6 cm³/mol. The second kappa shape index (κ2) is 6.50. The van der Waals surface area contributed by atoms with Gasteiger partial charge in [0, 0.05) is 19.0 Å². The maximum atomic E-state index is 12.2. The largest absolute Gasteiger partial charge is 0.493 e. The van der Waals surface area contributed by atoms with E-state index in [0.29, 0.717) is 23.7 Å². The maximum Gasteiger partial charge on any atom is 0.240 e. The fourth-order valence-corrected chi connectivity index (χ4v) is 2.70. The van der Waals surface area contributed by atoms with Gasteiger partial charge in [0.05, 0.1) is 19.1 Å². The van der Waals surface area contributed by atoms with Gasteiger partial charge in [0.15, 0.2) is 17.3 Å². The fourth-order valence-electron chi connectivity index (χ4n) is 1.65. The van der Waals surface area contributed by atoms with E-state index in [2.05, 4.69) is 25.3 Å². The van der Waals surface area contributed by atoms with Gasteiger partial charge in [-0.15, -0.1) is 10.2 Å². The lowest BCUT2D eigenvalue weighted by molar-refractivity contribution is 0.354. The third-order valence-electron chi connectivity index (χ3n) is 2.70. The molecule has 2 rings (SSSR count). The number of aromatic nitrogens is 4. The maximum absolute atomic E-state index is 12.2. The van der Waals surface area contributed by atoms with Crippen LogP contribution >= 0.6 is 0 Å². The van der Waals surface area contributed by atoms with Crippen molar-refractivity contribution in [2.75, 3.05) is 20.8 Å². The lowest BCUT2D eigenvalue weighted by Gasteiger charge is -2.10. The number of hydrogen-bond acceptors (Lipinski definition) is 7. The predicted octanol–water partition coefficient (Wildman–Crippen LogP) is -0.262. The fraction of sp³-hybridized carbons (Fsp3) is 0.364. The number of tetrazole rings is 1. The zero-order chi connectivity index (χ0) is 15.3. The van der Waals surface area contributed by atoms with E-state index in [0.717, 1.165) is 0 Å². The molecule has 0 radical (unpaired) electrons. The molecule has 21 heavy (non-hydrogen) atoms. The number of nitrogens with one attached hydrogen (secondary N) is 2. The first kappa shape index (κ1) is 15.2. The highest BCUT2D eigenvalue weighted by molar-refractivity contribution is 7.89. The molecular formula is C11H15N5O4S. The van der Waals surface area contributed by atoms with Gasteiger partial charge >= 0.3 is 0 Å². The van der Waals surface area contributed by atoms with Crippen LogP contribution in [0.3, 0.4) is 0 Å². The van der Waals surface area contributed by atoms with Crippen molar-refractivity contribution in [3.8, 4) is 11.5 Å². The molecule has 2 N–H and O–H groups in total. The minimum atomic E-state index is -3.64. The van der Waals surface area contributed by atoms with Crippen molar-refractivity contribution in [2.24, 2.45) is 0 Å².